The van der Waals surface area contributed by atoms with Crippen molar-refractivity contribution in [3.8, 4) is 0 Å². The quantitative estimate of drug-likeness (QED) is 0.654. The second kappa shape index (κ2) is 9.30. The van der Waals surface area contributed by atoms with Crippen LogP contribution in [0.3, 0.4) is 0 Å². The molecule has 9 heteroatoms. The molecule has 1 atom stereocenters. The van der Waals surface area contributed by atoms with Gasteiger partial charge in [-0.3, -0.25) is 9.10 Å². The Kier molecular flexibility index (Phi) is 7.29. The minimum atomic E-state index is -4.62. The maximum absolute atomic E-state index is 13.0. The van der Waals surface area contributed by atoms with Gasteiger partial charge < -0.3 is 5.32 Å². The van der Waals surface area contributed by atoms with Crippen molar-refractivity contribution < 1.29 is 26.4 Å². The van der Waals surface area contributed by atoms with Crippen molar-refractivity contribution in [2.24, 2.45) is 0 Å². The van der Waals surface area contributed by atoms with Crippen LogP contribution in [0.1, 0.15) is 24.5 Å². The number of carbonyl (C=O) groups is 1. The van der Waals surface area contributed by atoms with E-state index in [0.717, 1.165) is 36.4 Å². The minimum absolute atomic E-state index is 0.214. The Morgan fingerprint density at radius 3 is 2.34 bits per heavy atom. The summed E-state index contributed by atoms with van der Waals surface area (Å²) in [6, 6.07) is 12.4. The number of benzene rings is 2. The maximum Gasteiger partial charge on any atom is 0.416 e. The molecular weight excluding hydrogens is 405 g/mol. The van der Waals surface area contributed by atoms with Gasteiger partial charge in [0.2, 0.25) is 15.9 Å². The topological polar surface area (TPSA) is 66.5 Å². The van der Waals surface area contributed by atoms with Gasteiger partial charge in [-0.05, 0) is 43.5 Å². The Morgan fingerprint density at radius 2 is 1.76 bits per heavy atom. The molecule has 1 amide bonds. The summed E-state index contributed by atoms with van der Waals surface area (Å²) in [5.74, 6) is -0.583. The Hall–Kier alpha value is -2.55. The van der Waals surface area contributed by atoms with E-state index in [9.17, 15) is 26.4 Å². The molecule has 0 heterocycles. The first-order chi connectivity index (χ1) is 13.5. The van der Waals surface area contributed by atoms with Crippen LogP contribution in [-0.4, -0.2) is 33.2 Å². The van der Waals surface area contributed by atoms with Gasteiger partial charge in [-0.2, -0.15) is 13.2 Å². The highest BCUT2D eigenvalue weighted by Gasteiger charge is 2.33. The van der Waals surface area contributed by atoms with Crippen molar-refractivity contribution in [3.05, 3.63) is 65.7 Å². The first-order valence-corrected chi connectivity index (χ1v) is 10.8. The maximum atomic E-state index is 13.0. The summed E-state index contributed by atoms with van der Waals surface area (Å²) in [6.07, 6.45) is -2.39. The van der Waals surface area contributed by atoms with E-state index in [2.05, 4.69) is 5.32 Å². The molecule has 2 aromatic carbocycles. The first kappa shape index (κ1) is 22.7. The SMILES string of the molecule is C[C@@H](C(=O)NCCCc1ccccc1)N(c1cccc(C(F)(F)F)c1)S(C)(=O)=O. The number of carbonyl (C=O) groups excluding carboxylic acids is 1. The van der Waals surface area contributed by atoms with Crippen LogP contribution in [0.15, 0.2) is 54.6 Å². The van der Waals surface area contributed by atoms with Crippen molar-refractivity contribution in [2.45, 2.75) is 32.0 Å². The van der Waals surface area contributed by atoms with Gasteiger partial charge in [-0.15, -0.1) is 0 Å². The number of aryl methyl sites for hydroxylation is 1. The monoisotopic (exact) mass is 428 g/mol. The molecule has 0 fully saturated rings. The molecule has 0 unspecified atom stereocenters. The van der Waals surface area contributed by atoms with Gasteiger partial charge in [-0.1, -0.05) is 36.4 Å². The number of halogens is 3. The highest BCUT2D eigenvalue weighted by molar-refractivity contribution is 7.92. The van der Waals surface area contributed by atoms with Crippen LogP contribution >= 0.6 is 0 Å². The average Bonchev–Trinajstić information content (AvgIpc) is 2.64. The molecule has 0 aliphatic heterocycles. The van der Waals surface area contributed by atoms with E-state index in [1.54, 1.807) is 0 Å². The second-order valence-electron chi connectivity index (χ2n) is 6.66. The third kappa shape index (κ3) is 6.49. The van der Waals surface area contributed by atoms with Crippen molar-refractivity contribution in [3.63, 3.8) is 0 Å². The van der Waals surface area contributed by atoms with Gasteiger partial charge in [0.1, 0.15) is 6.04 Å². The highest BCUT2D eigenvalue weighted by Crippen LogP contribution is 2.32. The number of amides is 1. The standard InChI is InChI=1S/C20H23F3N2O3S/c1-15(19(26)24-13-7-10-16-8-4-3-5-9-16)25(29(2,27)28)18-12-6-11-17(14-18)20(21,22)23/h3-6,8-9,11-12,14-15H,7,10,13H2,1-2H3,(H,24,26)/t15-/m0/s1. The number of sulfonamides is 1. The number of hydrogen-bond donors (Lipinski definition) is 1. The molecule has 29 heavy (non-hydrogen) atoms. The van der Waals surface area contributed by atoms with E-state index in [4.69, 9.17) is 0 Å². The van der Waals surface area contributed by atoms with E-state index in [0.29, 0.717) is 17.3 Å². The van der Waals surface area contributed by atoms with Crippen LogP contribution in [0.25, 0.3) is 0 Å². The normalized spacial score (nSPS) is 13.0. The van der Waals surface area contributed by atoms with Crippen LogP contribution in [0, 0.1) is 0 Å². The number of rotatable bonds is 8. The molecule has 0 bridgehead atoms. The zero-order valence-corrected chi connectivity index (χ0v) is 16.9. The fourth-order valence-corrected chi connectivity index (χ4v) is 4.09. The molecule has 1 N–H and O–H groups in total. The van der Waals surface area contributed by atoms with Crippen molar-refractivity contribution in [1.29, 1.82) is 0 Å². The van der Waals surface area contributed by atoms with E-state index in [1.165, 1.54) is 13.0 Å². The smallest absolute Gasteiger partial charge is 0.354 e. The third-order valence-corrected chi connectivity index (χ3v) is 5.54. The predicted octanol–water partition coefficient (Wildman–Crippen LogP) is 3.61. The molecule has 158 valence electrons. The Labute approximate surface area is 168 Å². The van der Waals surface area contributed by atoms with Gasteiger partial charge in [0, 0.05) is 6.54 Å². The summed E-state index contributed by atoms with van der Waals surface area (Å²) >= 11 is 0. The number of hydrogen-bond acceptors (Lipinski definition) is 3. The molecule has 0 aliphatic carbocycles. The Balaban J connectivity index is 2.09. The molecule has 0 aliphatic rings. The average molecular weight is 428 g/mol. The lowest BCUT2D eigenvalue weighted by Gasteiger charge is -2.28. The molecule has 0 spiro atoms. The van der Waals surface area contributed by atoms with E-state index in [-0.39, 0.29) is 5.69 Å². The lowest BCUT2D eigenvalue weighted by molar-refractivity contribution is -0.137. The van der Waals surface area contributed by atoms with E-state index >= 15 is 0 Å². The van der Waals surface area contributed by atoms with Crippen molar-refractivity contribution in [2.75, 3.05) is 17.1 Å². The molecule has 0 saturated heterocycles. The van der Waals surface area contributed by atoms with Crippen LogP contribution in [0.4, 0.5) is 18.9 Å². The lowest BCUT2D eigenvalue weighted by Crippen LogP contribution is -2.48. The van der Waals surface area contributed by atoms with Gasteiger partial charge in [0.05, 0.1) is 17.5 Å². The summed E-state index contributed by atoms with van der Waals surface area (Å²) in [7, 11) is -3.99. The highest BCUT2D eigenvalue weighted by atomic mass is 32.2. The van der Waals surface area contributed by atoms with Crippen molar-refractivity contribution >= 4 is 21.6 Å². The van der Waals surface area contributed by atoms with Gasteiger partial charge in [0.15, 0.2) is 0 Å². The van der Waals surface area contributed by atoms with Crippen molar-refractivity contribution in [1.82, 2.24) is 5.32 Å². The number of nitrogens with one attached hydrogen (secondary N) is 1. The number of alkyl halides is 3. The fraction of sp³-hybridized carbons (Fsp3) is 0.350. The molecule has 2 rings (SSSR count). The molecule has 0 saturated carbocycles. The summed E-state index contributed by atoms with van der Waals surface area (Å²) in [5.41, 5.74) is -0.0927. The molecule has 0 aromatic heterocycles. The first-order valence-electron chi connectivity index (χ1n) is 8.98. The van der Waals surface area contributed by atoms with Crippen LogP contribution in [0.2, 0.25) is 0 Å². The fourth-order valence-electron chi connectivity index (χ4n) is 2.92. The molecule has 2 aromatic rings. The van der Waals surface area contributed by atoms with E-state index < -0.39 is 33.7 Å². The Morgan fingerprint density at radius 1 is 1.10 bits per heavy atom. The number of anilines is 1. The summed E-state index contributed by atoms with van der Waals surface area (Å²) in [5, 5.41) is 2.65. The van der Waals surface area contributed by atoms with Crippen LogP contribution in [0.5, 0.6) is 0 Å². The van der Waals surface area contributed by atoms with Gasteiger partial charge >= 0.3 is 6.18 Å². The van der Waals surface area contributed by atoms with E-state index in [1.807, 2.05) is 30.3 Å². The van der Waals surface area contributed by atoms with Crippen LogP contribution in [-0.2, 0) is 27.4 Å². The second-order valence-corrected chi connectivity index (χ2v) is 8.52. The van der Waals surface area contributed by atoms with Crippen LogP contribution < -0.4 is 9.62 Å². The lowest BCUT2D eigenvalue weighted by atomic mass is 10.1. The molecule has 5 nitrogen and oxygen atoms in total. The summed E-state index contributed by atoms with van der Waals surface area (Å²) in [6.45, 7) is 1.66. The zero-order chi connectivity index (χ0) is 21.7. The molecular formula is C20H23F3N2O3S. The van der Waals surface area contributed by atoms with Gasteiger partial charge in [0.25, 0.3) is 0 Å². The summed E-state index contributed by atoms with van der Waals surface area (Å²) < 4.78 is 64.1. The summed E-state index contributed by atoms with van der Waals surface area (Å²) in [4.78, 5) is 12.5. The Bertz CT molecular complexity index is 931. The molecule has 0 radical (unpaired) electrons. The number of nitrogens with zero attached hydrogens (tertiary/aromatic N) is 1. The predicted molar refractivity (Wildman–Crippen MR) is 106 cm³/mol. The minimum Gasteiger partial charge on any atom is -0.354 e. The van der Waals surface area contributed by atoms with Gasteiger partial charge in [-0.25, -0.2) is 8.42 Å². The zero-order valence-electron chi connectivity index (χ0n) is 16.1. The third-order valence-electron chi connectivity index (χ3n) is 4.30. The largest absolute Gasteiger partial charge is 0.416 e.